The number of hydrogen-bond donors (Lipinski definition) is 1. The van der Waals surface area contributed by atoms with Crippen LogP contribution in [0.2, 0.25) is 0 Å². The Hall–Kier alpha value is -2.67. The first-order chi connectivity index (χ1) is 11.7. The predicted molar refractivity (Wildman–Crippen MR) is 89.5 cm³/mol. The van der Waals surface area contributed by atoms with Crippen molar-refractivity contribution in [1.82, 2.24) is 14.9 Å². The Labute approximate surface area is 140 Å². The number of nitrogens with zero attached hydrogens (tertiary/aromatic N) is 4. The van der Waals surface area contributed by atoms with Crippen LogP contribution in [-0.4, -0.2) is 59.2 Å². The van der Waals surface area contributed by atoms with Gasteiger partial charge in [-0.15, -0.1) is 0 Å². The Morgan fingerprint density at radius 3 is 2.67 bits per heavy atom. The lowest BCUT2D eigenvalue weighted by atomic mass is 10.1. The van der Waals surface area contributed by atoms with E-state index in [4.69, 9.17) is 4.74 Å². The van der Waals surface area contributed by atoms with Crippen LogP contribution in [0.5, 0.6) is 5.88 Å². The number of ether oxygens (including phenoxy) is 1. The number of aromatic nitrogens is 2. The van der Waals surface area contributed by atoms with E-state index in [1.807, 2.05) is 12.1 Å². The minimum atomic E-state index is -0.881. The molecule has 3 rings (SSSR count). The van der Waals surface area contributed by atoms with Crippen molar-refractivity contribution in [2.24, 2.45) is 0 Å². The SMILES string of the molecule is COc1ccnc(N2CCN(Cc3ccccc3C(=O)O)CC2)n1. The summed E-state index contributed by atoms with van der Waals surface area (Å²) in [4.78, 5) is 24.3. The molecule has 7 heteroatoms. The summed E-state index contributed by atoms with van der Waals surface area (Å²) >= 11 is 0. The van der Waals surface area contributed by atoms with Crippen molar-refractivity contribution in [3.05, 3.63) is 47.7 Å². The largest absolute Gasteiger partial charge is 0.481 e. The molecule has 1 aromatic heterocycles. The molecule has 24 heavy (non-hydrogen) atoms. The molecule has 1 N–H and O–H groups in total. The fourth-order valence-electron chi connectivity index (χ4n) is 2.81. The van der Waals surface area contributed by atoms with Crippen LogP contribution >= 0.6 is 0 Å². The number of methoxy groups -OCH3 is 1. The molecule has 2 aromatic rings. The number of carbonyl (C=O) groups is 1. The van der Waals surface area contributed by atoms with Gasteiger partial charge in [0.2, 0.25) is 11.8 Å². The molecule has 0 bridgehead atoms. The quantitative estimate of drug-likeness (QED) is 0.891. The molecule has 0 spiro atoms. The van der Waals surface area contributed by atoms with E-state index in [1.54, 1.807) is 31.5 Å². The van der Waals surface area contributed by atoms with Gasteiger partial charge in [-0.1, -0.05) is 18.2 Å². The molecule has 1 aliphatic rings. The van der Waals surface area contributed by atoms with Crippen LogP contribution in [0.1, 0.15) is 15.9 Å². The summed E-state index contributed by atoms with van der Waals surface area (Å²) in [5.41, 5.74) is 1.21. The maximum atomic E-state index is 11.3. The molecule has 7 nitrogen and oxygen atoms in total. The van der Waals surface area contributed by atoms with Gasteiger partial charge < -0.3 is 14.7 Å². The lowest BCUT2D eigenvalue weighted by molar-refractivity contribution is 0.0694. The average Bonchev–Trinajstić information content (AvgIpc) is 2.62. The van der Waals surface area contributed by atoms with E-state index >= 15 is 0 Å². The monoisotopic (exact) mass is 328 g/mol. The summed E-state index contributed by atoms with van der Waals surface area (Å²) in [6.45, 7) is 3.88. The van der Waals surface area contributed by atoms with Gasteiger partial charge >= 0.3 is 5.97 Å². The van der Waals surface area contributed by atoms with Crippen LogP contribution in [-0.2, 0) is 6.54 Å². The van der Waals surface area contributed by atoms with Gasteiger partial charge in [0.15, 0.2) is 0 Å². The normalized spacial score (nSPS) is 15.3. The molecule has 126 valence electrons. The summed E-state index contributed by atoms with van der Waals surface area (Å²) in [7, 11) is 1.59. The van der Waals surface area contributed by atoms with Crippen molar-refractivity contribution in [3.63, 3.8) is 0 Å². The van der Waals surface area contributed by atoms with E-state index in [9.17, 15) is 9.90 Å². The van der Waals surface area contributed by atoms with Gasteiger partial charge in [-0.25, -0.2) is 9.78 Å². The Morgan fingerprint density at radius 1 is 1.21 bits per heavy atom. The highest BCUT2D eigenvalue weighted by Gasteiger charge is 2.20. The molecule has 0 saturated carbocycles. The summed E-state index contributed by atoms with van der Waals surface area (Å²) in [5, 5.41) is 9.28. The molecule has 2 heterocycles. The summed E-state index contributed by atoms with van der Waals surface area (Å²) in [6, 6.07) is 8.88. The average molecular weight is 328 g/mol. The van der Waals surface area contributed by atoms with Crippen molar-refractivity contribution in [2.45, 2.75) is 6.54 Å². The molecule has 0 aliphatic carbocycles. The van der Waals surface area contributed by atoms with Crippen LogP contribution in [0.3, 0.4) is 0 Å². The van der Waals surface area contributed by atoms with E-state index in [-0.39, 0.29) is 0 Å². The first kappa shape index (κ1) is 16.2. The second kappa shape index (κ2) is 7.27. The molecule has 0 unspecified atom stereocenters. The summed E-state index contributed by atoms with van der Waals surface area (Å²) in [5.74, 6) is 0.340. The summed E-state index contributed by atoms with van der Waals surface area (Å²) < 4.78 is 5.14. The highest BCUT2D eigenvalue weighted by molar-refractivity contribution is 5.89. The molecule has 1 saturated heterocycles. The Balaban J connectivity index is 1.62. The third kappa shape index (κ3) is 3.62. The number of carboxylic acids is 1. The highest BCUT2D eigenvalue weighted by Crippen LogP contribution is 2.17. The maximum absolute atomic E-state index is 11.3. The van der Waals surface area contributed by atoms with Crippen LogP contribution in [0.15, 0.2) is 36.5 Å². The van der Waals surface area contributed by atoms with Gasteiger partial charge in [-0.2, -0.15) is 4.98 Å². The minimum Gasteiger partial charge on any atom is -0.481 e. The van der Waals surface area contributed by atoms with Crippen molar-refractivity contribution in [1.29, 1.82) is 0 Å². The van der Waals surface area contributed by atoms with Crippen LogP contribution in [0, 0.1) is 0 Å². The lowest BCUT2D eigenvalue weighted by Crippen LogP contribution is -2.46. The number of benzene rings is 1. The predicted octanol–water partition coefficient (Wildman–Crippen LogP) is 1.51. The molecule has 0 atom stereocenters. The molecule has 1 aromatic carbocycles. The third-order valence-electron chi connectivity index (χ3n) is 4.12. The molecular formula is C17H20N4O3. The standard InChI is InChI=1S/C17H20N4O3/c1-24-15-6-7-18-17(19-15)21-10-8-20(9-11-21)12-13-4-2-3-5-14(13)16(22)23/h2-7H,8-12H2,1H3,(H,22,23). The van der Waals surface area contributed by atoms with Gasteiger partial charge in [0.05, 0.1) is 12.7 Å². The maximum Gasteiger partial charge on any atom is 0.336 e. The molecular weight excluding hydrogens is 308 g/mol. The van der Waals surface area contributed by atoms with E-state index in [2.05, 4.69) is 19.8 Å². The number of anilines is 1. The first-order valence-electron chi connectivity index (χ1n) is 7.83. The minimum absolute atomic E-state index is 0.371. The van der Waals surface area contributed by atoms with E-state index in [0.717, 1.165) is 31.7 Å². The van der Waals surface area contributed by atoms with Crippen LogP contribution in [0.25, 0.3) is 0 Å². The van der Waals surface area contributed by atoms with Gasteiger partial charge in [0.25, 0.3) is 0 Å². The second-order valence-corrected chi connectivity index (χ2v) is 5.62. The van der Waals surface area contributed by atoms with Crippen molar-refractivity contribution >= 4 is 11.9 Å². The summed E-state index contributed by atoms with van der Waals surface area (Å²) in [6.07, 6.45) is 1.69. The molecule has 1 fully saturated rings. The molecule has 0 amide bonds. The fourth-order valence-corrected chi connectivity index (χ4v) is 2.81. The van der Waals surface area contributed by atoms with Crippen LogP contribution in [0.4, 0.5) is 5.95 Å². The Morgan fingerprint density at radius 2 is 1.96 bits per heavy atom. The smallest absolute Gasteiger partial charge is 0.336 e. The molecule has 1 aliphatic heterocycles. The highest BCUT2D eigenvalue weighted by atomic mass is 16.5. The second-order valence-electron chi connectivity index (χ2n) is 5.62. The van der Waals surface area contributed by atoms with E-state index < -0.39 is 5.97 Å². The lowest BCUT2D eigenvalue weighted by Gasteiger charge is -2.34. The number of aromatic carboxylic acids is 1. The van der Waals surface area contributed by atoms with E-state index in [0.29, 0.717) is 23.9 Å². The van der Waals surface area contributed by atoms with Gasteiger partial charge in [-0.3, -0.25) is 4.90 Å². The zero-order valence-corrected chi connectivity index (χ0v) is 13.6. The Bertz CT molecular complexity index is 714. The van der Waals surface area contributed by atoms with Crippen molar-refractivity contribution in [3.8, 4) is 5.88 Å². The van der Waals surface area contributed by atoms with E-state index in [1.165, 1.54) is 0 Å². The number of carboxylic acid groups (broad SMARTS) is 1. The van der Waals surface area contributed by atoms with Gasteiger partial charge in [0, 0.05) is 45.0 Å². The third-order valence-corrected chi connectivity index (χ3v) is 4.12. The Kier molecular flexibility index (Phi) is 4.90. The number of rotatable bonds is 5. The van der Waals surface area contributed by atoms with Crippen LogP contribution < -0.4 is 9.64 Å². The topological polar surface area (TPSA) is 78.8 Å². The zero-order valence-electron chi connectivity index (χ0n) is 13.6. The fraction of sp³-hybridized carbons (Fsp3) is 0.353. The number of piperazine rings is 1. The number of hydrogen-bond acceptors (Lipinski definition) is 6. The molecule has 0 radical (unpaired) electrons. The van der Waals surface area contributed by atoms with Crippen molar-refractivity contribution in [2.75, 3.05) is 38.2 Å². The first-order valence-corrected chi connectivity index (χ1v) is 7.83. The van der Waals surface area contributed by atoms with Crippen molar-refractivity contribution < 1.29 is 14.6 Å². The van der Waals surface area contributed by atoms with Gasteiger partial charge in [0.1, 0.15) is 0 Å². The van der Waals surface area contributed by atoms with Gasteiger partial charge in [-0.05, 0) is 11.6 Å². The zero-order chi connectivity index (χ0) is 16.9.